The molecule has 0 saturated heterocycles. The zero-order valence-corrected chi connectivity index (χ0v) is 4.00. The highest BCUT2D eigenvalue weighted by Gasteiger charge is 1.94. The molecule has 37 valence electrons. The van der Waals surface area contributed by atoms with Crippen molar-refractivity contribution in [2.75, 3.05) is 0 Å². The first-order chi connectivity index (χ1) is 3.29. The molecule has 1 aromatic heterocycles. The van der Waals surface area contributed by atoms with E-state index in [0.29, 0.717) is 0 Å². The molecule has 0 amide bonds. The summed E-state index contributed by atoms with van der Waals surface area (Å²) in [5.74, 6) is -0.565. The molecule has 1 nitrogen and oxygen atoms in total. The van der Waals surface area contributed by atoms with Gasteiger partial charge < -0.3 is 4.42 Å². The van der Waals surface area contributed by atoms with Crippen LogP contribution in [0.25, 0.3) is 0 Å². The number of hydrogen-bond donors (Lipinski definition) is 0. The molecule has 0 atom stereocenters. The van der Waals surface area contributed by atoms with Crippen LogP contribution in [0, 0.1) is 12.1 Å². The molecule has 1 aromatic rings. The molecule has 0 N–H and O–H groups in total. The van der Waals surface area contributed by atoms with Gasteiger partial charge in [0.25, 0.3) is 0 Å². The molecule has 3 heteroatoms. The van der Waals surface area contributed by atoms with Crippen LogP contribution in [0.3, 0.4) is 0 Å². The monoisotopic (exact) mass is 119 g/mol. The fraction of sp³-hybridized carbons (Fsp3) is 0. The van der Waals surface area contributed by atoms with Crippen LogP contribution in [0.1, 0.15) is 0 Å². The van der Waals surface area contributed by atoms with Gasteiger partial charge in [-0.25, -0.2) is 4.39 Å². The summed E-state index contributed by atoms with van der Waals surface area (Å²) in [4.78, 5) is 0. The fourth-order valence-electron chi connectivity index (χ4n) is 0.256. The quantitative estimate of drug-likeness (QED) is 0.508. The van der Waals surface area contributed by atoms with Gasteiger partial charge in [0.05, 0.1) is 0 Å². The molecular formula is C4HClFO. The molecule has 1 radical (unpaired) electrons. The fourth-order valence-corrected chi connectivity index (χ4v) is 0.390. The van der Waals surface area contributed by atoms with Crippen molar-refractivity contribution >= 4 is 11.6 Å². The standard InChI is InChI=1S/C4HClFO/c5-4-1-3(6)2-7-4/h1H. The van der Waals surface area contributed by atoms with Crippen LogP contribution in [0.4, 0.5) is 4.39 Å². The van der Waals surface area contributed by atoms with Crippen LogP contribution in [-0.4, -0.2) is 0 Å². The summed E-state index contributed by atoms with van der Waals surface area (Å²) < 4.78 is 15.9. The second-order valence-corrected chi connectivity index (χ2v) is 1.37. The first kappa shape index (κ1) is 4.65. The summed E-state index contributed by atoms with van der Waals surface area (Å²) in [6, 6.07) is 1.04. The number of furan rings is 1. The minimum Gasteiger partial charge on any atom is -0.438 e. The number of hydrogen-bond acceptors (Lipinski definition) is 1. The molecule has 0 saturated carbocycles. The van der Waals surface area contributed by atoms with Gasteiger partial charge in [-0.3, -0.25) is 0 Å². The molecule has 7 heavy (non-hydrogen) atoms. The molecule has 0 fully saturated rings. The molecular weight excluding hydrogens is 118 g/mol. The summed E-state index contributed by atoms with van der Waals surface area (Å²) in [7, 11) is 0. The predicted molar refractivity (Wildman–Crippen MR) is 22.5 cm³/mol. The summed E-state index contributed by atoms with van der Waals surface area (Å²) in [6.45, 7) is 0. The van der Waals surface area contributed by atoms with E-state index in [1.54, 1.807) is 0 Å². The van der Waals surface area contributed by atoms with Gasteiger partial charge in [-0.1, -0.05) is 0 Å². The molecule has 0 spiro atoms. The molecule has 0 aliphatic heterocycles. The Morgan fingerprint density at radius 3 is 2.71 bits per heavy atom. The summed E-state index contributed by atoms with van der Waals surface area (Å²) >= 11 is 5.12. The van der Waals surface area contributed by atoms with Crippen molar-refractivity contribution in [3.63, 3.8) is 0 Å². The van der Waals surface area contributed by atoms with Crippen LogP contribution in [0.5, 0.6) is 0 Å². The van der Waals surface area contributed by atoms with Crippen LogP contribution < -0.4 is 0 Å². The van der Waals surface area contributed by atoms with E-state index in [9.17, 15) is 4.39 Å². The van der Waals surface area contributed by atoms with E-state index >= 15 is 0 Å². The van der Waals surface area contributed by atoms with Crippen molar-refractivity contribution < 1.29 is 8.81 Å². The second-order valence-electron chi connectivity index (χ2n) is 1.00. The third-order valence-electron chi connectivity index (χ3n) is 0.486. The normalized spacial score (nSPS) is 9.43. The maximum absolute atomic E-state index is 11.7. The second kappa shape index (κ2) is 1.54. The maximum atomic E-state index is 11.7. The molecule has 1 rings (SSSR count). The molecule has 0 unspecified atom stereocenters. The van der Waals surface area contributed by atoms with Gasteiger partial charge >= 0.3 is 0 Å². The van der Waals surface area contributed by atoms with Crippen molar-refractivity contribution in [3.8, 4) is 0 Å². The van der Waals surface area contributed by atoms with Crippen molar-refractivity contribution in [1.29, 1.82) is 0 Å². The van der Waals surface area contributed by atoms with Crippen molar-refractivity contribution in [2.24, 2.45) is 0 Å². The lowest BCUT2D eigenvalue weighted by Crippen LogP contribution is -1.51. The topological polar surface area (TPSA) is 13.1 Å². The maximum Gasteiger partial charge on any atom is 0.210 e. The van der Waals surface area contributed by atoms with Gasteiger partial charge in [-0.15, -0.1) is 0 Å². The van der Waals surface area contributed by atoms with Crippen molar-refractivity contribution in [3.05, 3.63) is 23.4 Å². The van der Waals surface area contributed by atoms with E-state index in [2.05, 4.69) is 4.42 Å². The number of halogens is 2. The van der Waals surface area contributed by atoms with Gasteiger partial charge in [0.1, 0.15) is 0 Å². The Kier molecular flexibility index (Phi) is 1.02. The SMILES string of the molecule is Fc1[c]oc(Cl)c1. The van der Waals surface area contributed by atoms with E-state index < -0.39 is 5.82 Å². The Morgan fingerprint density at radius 2 is 2.57 bits per heavy atom. The Hall–Kier alpha value is -0.500. The Morgan fingerprint density at radius 1 is 1.86 bits per heavy atom. The minimum atomic E-state index is -0.565. The van der Waals surface area contributed by atoms with Gasteiger partial charge in [-0.05, 0) is 11.6 Å². The zero-order valence-electron chi connectivity index (χ0n) is 3.24. The van der Waals surface area contributed by atoms with E-state index in [-0.39, 0.29) is 5.22 Å². The minimum absolute atomic E-state index is 0.0255. The third kappa shape index (κ3) is 0.933. The smallest absolute Gasteiger partial charge is 0.210 e. The average Bonchev–Trinajstić information content (AvgIpc) is 1.87. The summed E-state index contributed by atoms with van der Waals surface area (Å²) in [6.07, 6.45) is 1.89. The molecule has 0 aromatic carbocycles. The van der Waals surface area contributed by atoms with E-state index in [4.69, 9.17) is 11.6 Å². The largest absolute Gasteiger partial charge is 0.438 e. The number of rotatable bonds is 0. The molecule has 0 aliphatic carbocycles. The van der Waals surface area contributed by atoms with Gasteiger partial charge in [-0.2, -0.15) is 0 Å². The van der Waals surface area contributed by atoms with Crippen molar-refractivity contribution in [1.82, 2.24) is 0 Å². The Bertz CT molecular complexity index is 144. The summed E-state index contributed by atoms with van der Waals surface area (Å²) in [5, 5.41) is 0.0255. The van der Waals surface area contributed by atoms with Crippen LogP contribution in [0.2, 0.25) is 5.22 Å². The van der Waals surface area contributed by atoms with Gasteiger partial charge in [0.2, 0.25) is 6.26 Å². The highest BCUT2D eigenvalue weighted by molar-refractivity contribution is 6.28. The zero-order chi connectivity index (χ0) is 5.28. The first-order valence-electron chi connectivity index (χ1n) is 1.61. The van der Waals surface area contributed by atoms with Gasteiger partial charge in [0.15, 0.2) is 11.0 Å². The third-order valence-corrected chi connectivity index (χ3v) is 0.672. The lowest BCUT2D eigenvalue weighted by molar-refractivity contribution is 0.524. The van der Waals surface area contributed by atoms with E-state index in [1.165, 1.54) is 0 Å². The lowest BCUT2D eigenvalue weighted by Gasteiger charge is -1.64. The average molecular weight is 120 g/mol. The van der Waals surface area contributed by atoms with E-state index in [1.807, 2.05) is 6.26 Å². The molecule has 0 aliphatic rings. The van der Waals surface area contributed by atoms with Crippen LogP contribution in [0.15, 0.2) is 10.5 Å². The predicted octanol–water partition coefficient (Wildman–Crippen LogP) is 1.87. The van der Waals surface area contributed by atoms with E-state index in [0.717, 1.165) is 6.07 Å². The molecule has 1 heterocycles. The Balaban J connectivity index is 3.04. The van der Waals surface area contributed by atoms with Crippen LogP contribution in [-0.2, 0) is 0 Å². The van der Waals surface area contributed by atoms with Crippen LogP contribution >= 0.6 is 11.6 Å². The summed E-state index contributed by atoms with van der Waals surface area (Å²) in [5.41, 5.74) is 0. The lowest BCUT2D eigenvalue weighted by atomic mass is 10.6. The first-order valence-corrected chi connectivity index (χ1v) is 1.99. The molecule has 0 bridgehead atoms. The Labute approximate surface area is 44.7 Å². The highest BCUT2D eigenvalue weighted by Crippen LogP contribution is 2.09. The van der Waals surface area contributed by atoms with Crippen molar-refractivity contribution in [2.45, 2.75) is 0 Å². The highest BCUT2D eigenvalue weighted by atomic mass is 35.5. The van der Waals surface area contributed by atoms with Gasteiger partial charge in [0, 0.05) is 6.07 Å².